The predicted molar refractivity (Wildman–Crippen MR) is 115 cm³/mol. The largest absolute Gasteiger partial charge is 0.399 e. The van der Waals surface area contributed by atoms with Crippen LogP contribution in [0.3, 0.4) is 0 Å². The minimum Gasteiger partial charge on any atom is -0.399 e. The molecule has 0 spiro atoms. The normalized spacial score (nSPS) is 13.8. The van der Waals surface area contributed by atoms with Crippen molar-refractivity contribution in [3.8, 4) is 11.1 Å². The summed E-state index contributed by atoms with van der Waals surface area (Å²) < 4.78 is 0. The summed E-state index contributed by atoms with van der Waals surface area (Å²) in [5, 5.41) is 5.11. The quantitative estimate of drug-likeness (QED) is 0.273. The summed E-state index contributed by atoms with van der Waals surface area (Å²) in [6.45, 7) is 8.67. The van der Waals surface area contributed by atoms with Crippen molar-refractivity contribution >= 4 is 27.2 Å². The Labute approximate surface area is 155 Å². The standard InChI is InChI=1S/C23H19N.C2H6/c1-23(2)21-6-4-3-5-17(21)19-12-11-16-18(22(19)23)10-8-14-7-9-15(24)13-20(14)16;1-2/h3-13H,24H2,1-2H3;1-2H3. The number of hydrogen-bond acceptors (Lipinski definition) is 1. The molecule has 0 bridgehead atoms. The minimum absolute atomic E-state index is 0.0133. The van der Waals surface area contributed by atoms with Crippen molar-refractivity contribution < 1.29 is 0 Å². The van der Waals surface area contributed by atoms with Gasteiger partial charge in [-0.25, -0.2) is 0 Å². The van der Waals surface area contributed by atoms with Crippen molar-refractivity contribution in [2.45, 2.75) is 33.1 Å². The minimum atomic E-state index is 0.0133. The van der Waals surface area contributed by atoms with Crippen LogP contribution in [-0.2, 0) is 5.41 Å². The summed E-state index contributed by atoms with van der Waals surface area (Å²) in [5.74, 6) is 0. The number of nitrogen functional groups attached to an aromatic ring is 1. The van der Waals surface area contributed by atoms with Crippen LogP contribution >= 0.6 is 0 Å². The highest BCUT2D eigenvalue weighted by atomic mass is 14.5. The Hall–Kier alpha value is -2.80. The van der Waals surface area contributed by atoms with E-state index in [1.807, 2.05) is 19.9 Å². The summed E-state index contributed by atoms with van der Waals surface area (Å²) in [4.78, 5) is 0. The third-order valence-corrected chi connectivity index (χ3v) is 5.56. The summed E-state index contributed by atoms with van der Waals surface area (Å²) in [7, 11) is 0. The van der Waals surface area contributed by atoms with E-state index in [2.05, 4.69) is 74.5 Å². The van der Waals surface area contributed by atoms with E-state index in [4.69, 9.17) is 5.73 Å². The third-order valence-electron chi connectivity index (χ3n) is 5.56. The Bertz CT molecular complexity index is 1140. The van der Waals surface area contributed by atoms with Crippen molar-refractivity contribution in [2.24, 2.45) is 0 Å². The van der Waals surface area contributed by atoms with Crippen LogP contribution in [0.1, 0.15) is 38.8 Å². The Kier molecular flexibility index (Phi) is 3.77. The van der Waals surface area contributed by atoms with Gasteiger partial charge < -0.3 is 5.73 Å². The lowest BCUT2D eigenvalue weighted by atomic mass is 9.80. The molecule has 0 fully saturated rings. The van der Waals surface area contributed by atoms with Gasteiger partial charge in [-0.2, -0.15) is 0 Å². The van der Waals surface area contributed by atoms with Gasteiger partial charge in [-0.1, -0.05) is 82.3 Å². The molecule has 1 aliphatic carbocycles. The van der Waals surface area contributed by atoms with E-state index in [9.17, 15) is 0 Å². The first-order chi connectivity index (χ1) is 12.6. The van der Waals surface area contributed by atoms with Crippen molar-refractivity contribution in [1.82, 2.24) is 0 Å². The number of hydrogen-bond donors (Lipinski definition) is 1. The Morgan fingerprint density at radius 3 is 2.19 bits per heavy atom. The van der Waals surface area contributed by atoms with Crippen LogP contribution in [0, 0.1) is 0 Å². The molecule has 1 heteroatoms. The molecule has 2 N–H and O–H groups in total. The molecule has 130 valence electrons. The van der Waals surface area contributed by atoms with E-state index in [1.165, 1.54) is 43.8 Å². The lowest BCUT2D eigenvalue weighted by Gasteiger charge is -2.23. The number of nitrogens with two attached hydrogens (primary N) is 1. The summed E-state index contributed by atoms with van der Waals surface area (Å²) in [6, 6.07) is 24.0. The fourth-order valence-electron chi connectivity index (χ4n) is 4.45. The van der Waals surface area contributed by atoms with E-state index < -0.39 is 0 Å². The van der Waals surface area contributed by atoms with Gasteiger partial charge in [0, 0.05) is 11.1 Å². The molecule has 0 saturated carbocycles. The summed E-state index contributed by atoms with van der Waals surface area (Å²) >= 11 is 0. The van der Waals surface area contributed by atoms with Crippen molar-refractivity contribution in [3.05, 3.63) is 77.9 Å². The van der Waals surface area contributed by atoms with Crippen LogP contribution in [0.25, 0.3) is 32.7 Å². The first-order valence-corrected chi connectivity index (χ1v) is 9.43. The van der Waals surface area contributed by atoms with Gasteiger partial charge in [0.2, 0.25) is 0 Å². The van der Waals surface area contributed by atoms with Gasteiger partial charge in [0.25, 0.3) is 0 Å². The van der Waals surface area contributed by atoms with Gasteiger partial charge in [-0.05, 0) is 55.9 Å². The molecule has 0 unspecified atom stereocenters. The van der Waals surface area contributed by atoms with Crippen LogP contribution in [-0.4, -0.2) is 0 Å². The molecule has 26 heavy (non-hydrogen) atoms. The zero-order valence-corrected chi connectivity index (χ0v) is 15.9. The zero-order chi connectivity index (χ0) is 18.5. The lowest BCUT2D eigenvalue weighted by Crippen LogP contribution is -2.15. The first-order valence-electron chi connectivity index (χ1n) is 9.43. The van der Waals surface area contributed by atoms with Crippen LogP contribution in [0.15, 0.2) is 66.7 Å². The first kappa shape index (κ1) is 16.7. The van der Waals surface area contributed by atoms with Crippen molar-refractivity contribution in [2.75, 3.05) is 5.73 Å². The Morgan fingerprint density at radius 2 is 1.38 bits per heavy atom. The molecule has 0 heterocycles. The molecule has 4 aromatic rings. The van der Waals surface area contributed by atoms with E-state index >= 15 is 0 Å². The van der Waals surface area contributed by atoms with Gasteiger partial charge in [-0.3, -0.25) is 0 Å². The average molecular weight is 339 g/mol. The van der Waals surface area contributed by atoms with Crippen molar-refractivity contribution in [1.29, 1.82) is 0 Å². The second-order valence-corrected chi connectivity index (χ2v) is 7.30. The number of fused-ring (bicyclic) bond motifs is 7. The molecule has 5 rings (SSSR count). The predicted octanol–water partition coefficient (Wildman–Crippen LogP) is 6.91. The van der Waals surface area contributed by atoms with E-state index in [-0.39, 0.29) is 5.41 Å². The smallest absolute Gasteiger partial charge is 0.0320 e. The summed E-state index contributed by atoms with van der Waals surface area (Å²) in [6.07, 6.45) is 0. The molecular formula is C25H25N. The van der Waals surface area contributed by atoms with E-state index in [0.717, 1.165) is 5.69 Å². The van der Waals surface area contributed by atoms with Crippen LogP contribution in [0.2, 0.25) is 0 Å². The fourth-order valence-corrected chi connectivity index (χ4v) is 4.45. The SMILES string of the molecule is CC.CC1(C)c2ccccc2-c2ccc3c(ccc4ccc(N)cc43)c21. The molecule has 0 radical (unpaired) electrons. The number of anilines is 1. The lowest BCUT2D eigenvalue weighted by molar-refractivity contribution is 0.666. The molecule has 0 atom stereocenters. The van der Waals surface area contributed by atoms with Crippen LogP contribution in [0.4, 0.5) is 5.69 Å². The molecule has 1 nitrogen and oxygen atoms in total. The van der Waals surface area contributed by atoms with E-state index in [0.29, 0.717) is 0 Å². The van der Waals surface area contributed by atoms with E-state index in [1.54, 1.807) is 0 Å². The van der Waals surface area contributed by atoms with Crippen LogP contribution in [0.5, 0.6) is 0 Å². The third kappa shape index (κ3) is 2.17. The Morgan fingerprint density at radius 1 is 0.692 bits per heavy atom. The molecule has 0 amide bonds. The van der Waals surface area contributed by atoms with Crippen LogP contribution < -0.4 is 5.73 Å². The van der Waals surface area contributed by atoms with Gasteiger partial charge in [0.1, 0.15) is 0 Å². The molecule has 0 saturated heterocycles. The molecule has 0 aromatic heterocycles. The summed E-state index contributed by atoms with van der Waals surface area (Å²) in [5.41, 5.74) is 12.5. The van der Waals surface area contributed by atoms with Crippen molar-refractivity contribution in [3.63, 3.8) is 0 Å². The monoisotopic (exact) mass is 339 g/mol. The number of benzene rings is 4. The Balaban J connectivity index is 0.000000814. The maximum absolute atomic E-state index is 6.05. The highest BCUT2D eigenvalue weighted by molar-refractivity contribution is 6.12. The van der Waals surface area contributed by atoms with Gasteiger partial charge in [-0.15, -0.1) is 0 Å². The second-order valence-electron chi connectivity index (χ2n) is 7.30. The topological polar surface area (TPSA) is 26.0 Å². The molecule has 4 aromatic carbocycles. The maximum Gasteiger partial charge on any atom is 0.0320 e. The molecule has 1 aliphatic rings. The van der Waals surface area contributed by atoms with Gasteiger partial charge in [0.05, 0.1) is 0 Å². The van der Waals surface area contributed by atoms with Gasteiger partial charge >= 0.3 is 0 Å². The fraction of sp³-hybridized carbons (Fsp3) is 0.200. The number of rotatable bonds is 0. The zero-order valence-electron chi connectivity index (χ0n) is 15.9. The maximum atomic E-state index is 6.05. The average Bonchev–Trinajstić information content (AvgIpc) is 2.91. The highest BCUT2D eigenvalue weighted by Crippen LogP contribution is 2.51. The van der Waals surface area contributed by atoms with Gasteiger partial charge in [0.15, 0.2) is 0 Å². The highest BCUT2D eigenvalue weighted by Gasteiger charge is 2.36. The second kappa shape index (κ2) is 5.88. The molecular weight excluding hydrogens is 314 g/mol. The molecule has 0 aliphatic heterocycles.